The van der Waals surface area contributed by atoms with Gasteiger partial charge in [0.05, 0.1) is 6.61 Å². The summed E-state index contributed by atoms with van der Waals surface area (Å²) < 4.78 is 4.87. The maximum absolute atomic E-state index is 8.01. The topological polar surface area (TPSA) is 38.7 Å². The average molecular weight is 208 g/mol. The molecule has 1 aliphatic heterocycles. The van der Waals surface area contributed by atoms with Gasteiger partial charge in [-0.1, -0.05) is 42.0 Å². The van der Waals surface area contributed by atoms with Gasteiger partial charge in [-0.25, -0.2) is 10.1 Å². The molecule has 15 heavy (non-hydrogen) atoms. The third-order valence-electron chi connectivity index (χ3n) is 1.90. The summed E-state index contributed by atoms with van der Waals surface area (Å²) in [6.45, 7) is 2.71. The predicted molar refractivity (Wildman–Crippen MR) is 58.4 cm³/mol. The lowest BCUT2D eigenvalue weighted by molar-refractivity contribution is -0.330. The van der Waals surface area contributed by atoms with Crippen LogP contribution in [0.4, 0.5) is 0 Å². The van der Waals surface area contributed by atoms with Crippen LogP contribution in [0.1, 0.15) is 12.0 Å². The lowest BCUT2D eigenvalue weighted by Gasteiger charge is -2.12. The first-order chi connectivity index (χ1) is 7.33. The molecule has 0 fully saturated rings. The molecule has 0 bridgehead atoms. The fraction of sp³-hybridized carbons (Fsp3) is 0.333. The van der Waals surface area contributed by atoms with Crippen molar-refractivity contribution in [3.8, 4) is 0 Å². The molecule has 0 amide bonds. The summed E-state index contributed by atoms with van der Waals surface area (Å²) in [6, 6.07) is 10.3. The Kier molecular flexibility index (Phi) is 5.70. The normalized spacial score (nSPS) is 19.2. The van der Waals surface area contributed by atoms with E-state index in [1.54, 1.807) is 6.08 Å². The van der Waals surface area contributed by atoms with Gasteiger partial charge in [0.15, 0.2) is 0 Å². The monoisotopic (exact) mass is 208 g/mol. The summed E-state index contributed by atoms with van der Waals surface area (Å²) in [6.07, 6.45) is 3.94. The number of rotatable bonds is 1. The van der Waals surface area contributed by atoms with Crippen molar-refractivity contribution in [3.63, 3.8) is 0 Å². The van der Waals surface area contributed by atoms with Crippen LogP contribution < -0.4 is 0 Å². The van der Waals surface area contributed by atoms with E-state index in [2.05, 4.69) is 23.9 Å². The molecule has 3 heteroatoms. The highest BCUT2D eigenvalue weighted by atomic mass is 17.1. The molecule has 1 N–H and O–H groups in total. The second-order valence-electron chi connectivity index (χ2n) is 3.22. The Hall–Kier alpha value is -1.16. The van der Waals surface area contributed by atoms with E-state index in [9.17, 15) is 0 Å². The van der Waals surface area contributed by atoms with Crippen molar-refractivity contribution < 1.29 is 14.9 Å². The molecule has 1 unspecified atom stereocenters. The smallest absolute Gasteiger partial charge is 0.210 e. The number of ether oxygens (including phenoxy) is 1. The first-order valence-electron chi connectivity index (χ1n) is 4.93. The molecular weight excluding hydrogens is 192 g/mol. The minimum absolute atomic E-state index is 0.538. The van der Waals surface area contributed by atoms with E-state index in [-0.39, 0.29) is 0 Å². The Balaban J connectivity index is 0.000000151. The average Bonchev–Trinajstić information content (AvgIpc) is 2.32. The van der Waals surface area contributed by atoms with Gasteiger partial charge in [0.2, 0.25) is 6.29 Å². The molecule has 1 aromatic rings. The van der Waals surface area contributed by atoms with Crippen LogP contribution in [0.2, 0.25) is 0 Å². The Morgan fingerprint density at radius 3 is 2.40 bits per heavy atom. The van der Waals surface area contributed by atoms with Crippen LogP contribution in [0.15, 0.2) is 42.5 Å². The van der Waals surface area contributed by atoms with E-state index < -0.39 is 6.29 Å². The fourth-order valence-electron chi connectivity index (χ4n) is 1.12. The Morgan fingerprint density at radius 2 is 2.07 bits per heavy atom. The molecule has 3 nitrogen and oxygen atoms in total. The zero-order valence-corrected chi connectivity index (χ0v) is 8.80. The maximum atomic E-state index is 8.01. The summed E-state index contributed by atoms with van der Waals surface area (Å²) in [5.74, 6) is 0. The van der Waals surface area contributed by atoms with Crippen LogP contribution in [0.25, 0.3) is 0 Å². The van der Waals surface area contributed by atoms with Crippen LogP contribution in [0.5, 0.6) is 0 Å². The molecular formula is C12H16O3. The third kappa shape index (κ3) is 5.32. The SMILES string of the molecule is Cc1ccccc1.OOC1C=CCCO1. The highest BCUT2D eigenvalue weighted by Gasteiger charge is 2.05. The molecule has 1 heterocycles. The molecule has 0 radical (unpaired) electrons. The van der Waals surface area contributed by atoms with E-state index in [0.29, 0.717) is 6.61 Å². The molecule has 0 aliphatic carbocycles. The fourth-order valence-corrected chi connectivity index (χ4v) is 1.12. The Morgan fingerprint density at radius 1 is 1.33 bits per heavy atom. The Labute approximate surface area is 89.9 Å². The molecule has 0 aromatic heterocycles. The van der Waals surface area contributed by atoms with Gasteiger partial charge in [-0.05, 0) is 19.4 Å². The van der Waals surface area contributed by atoms with Gasteiger partial charge < -0.3 is 4.74 Å². The molecule has 1 atom stereocenters. The zero-order valence-electron chi connectivity index (χ0n) is 8.80. The first-order valence-corrected chi connectivity index (χ1v) is 4.93. The van der Waals surface area contributed by atoms with E-state index in [4.69, 9.17) is 9.99 Å². The highest BCUT2D eigenvalue weighted by molar-refractivity contribution is 5.11. The van der Waals surface area contributed by atoms with Gasteiger partial charge in [-0.2, -0.15) is 0 Å². The van der Waals surface area contributed by atoms with Crippen molar-refractivity contribution in [2.75, 3.05) is 6.61 Å². The minimum Gasteiger partial charge on any atom is -0.346 e. The van der Waals surface area contributed by atoms with Crippen LogP contribution in [-0.4, -0.2) is 18.2 Å². The van der Waals surface area contributed by atoms with Gasteiger partial charge >= 0.3 is 0 Å². The summed E-state index contributed by atoms with van der Waals surface area (Å²) in [7, 11) is 0. The highest BCUT2D eigenvalue weighted by Crippen LogP contribution is 2.03. The number of hydrogen-bond donors (Lipinski definition) is 1. The molecule has 2 rings (SSSR count). The number of aryl methyl sites for hydroxylation is 1. The molecule has 1 aliphatic rings. The lowest BCUT2D eigenvalue weighted by atomic mass is 10.2. The summed E-state index contributed by atoms with van der Waals surface area (Å²) >= 11 is 0. The number of benzene rings is 1. The van der Waals surface area contributed by atoms with Crippen LogP contribution >= 0.6 is 0 Å². The molecule has 82 valence electrons. The van der Waals surface area contributed by atoms with Gasteiger partial charge in [-0.15, -0.1) is 0 Å². The van der Waals surface area contributed by atoms with Crippen molar-refractivity contribution in [2.45, 2.75) is 19.6 Å². The van der Waals surface area contributed by atoms with Crippen molar-refractivity contribution in [1.29, 1.82) is 0 Å². The van der Waals surface area contributed by atoms with Crippen LogP contribution in [-0.2, 0) is 9.62 Å². The summed E-state index contributed by atoms with van der Waals surface area (Å²) in [5.41, 5.74) is 1.32. The number of hydrogen-bond acceptors (Lipinski definition) is 3. The van der Waals surface area contributed by atoms with Crippen molar-refractivity contribution >= 4 is 0 Å². The van der Waals surface area contributed by atoms with E-state index in [1.807, 2.05) is 24.3 Å². The van der Waals surface area contributed by atoms with E-state index in [1.165, 1.54) is 5.56 Å². The molecule has 0 spiro atoms. The lowest BCUT2D eigenvalue weighted by Crippen LogP contribution is -2.15. The third-order valence-corrected chi connectivity index (χ3v) is 1.90. The summed E-state index contributed by atoms with van der Waals surface area (Å²) in [4.78, 5) is 3.88. The van der Waals surface area contributed by atoms with Gasteiger partial charge in [0.1, 0.15) is 0 Å². The van der Waals surface area contributed by atoms with Crippen molar-refractivity contribution in [1.82, 2.24) is 0 Å². The zero-order chi connectivity index (χ0) is 10.9. The van der Waals surface area contributed by atoms with Crippen molar-refractivity contribution in [2.24, 2.45) is 0 Å². The minimum atomic E-state index is -0.538. The molecule has 0 saturated carbocycles. The Bertz CT molecular complexity index is 282. The van der Waals surface area contributed by atoms with Gasteiger partial charge in [0.25, 0.3) is 0 Å². The molecule has 1 aromatic carbocycles. The summed E-state index contributed by atoms with van der Waals surface area (Å²) in [5, 5.41) is 8.01. The maximum Gasteiger partial charge on any atom is 0.210 e. The first kappa shape index (κ1) is 11.9. The molecule has 0 saturated heterocycles. The quantitative estimate of drug-likeness (QED) is 0.438. The second-order valence-corrected chi connectivity index (χ2v) is 3.22. The largest absolute Gasteiger partial charge is 0.346 e. The van der Waals surface area contributed by atoms with Gasteiger partial charge in [-0.3, -0.25) is 0 Å². The van der Waals surface area contributed by atoms with Crippen molar-refractivity contribution in [3.05, 3.63) is 48.0 Å². The second kappa shape index (κ2) is 7.17. The predicted octanol–water partition coefficient (Wildman–Crippen LogP) is 2.77. The standard InChI is InChI=1S/C7H8.C5H8O3/c1-7-5-3-2-4-6-7;6-8-5-3-1-2-4-7-5/h2-6H,1H3;1,3,5-6H,2,4H2. The van der Waals surface area contributed by atoms with Crippen LogP contribution in [0.3, 0.4) is 0 Å². The van der Waals surface area contributed by atoms with Crippen LogP contribution in [0, 0.1) is 6.92 Å². The van der Waals surface area contributed by atoms with Gasteiger partial charge in [0, 0.05) is 0 Å². The van der Waals surface area contributed by atoms with E-state index in [0.717, 1.165) is 6.42 Å². The van der Waals surface area contributed by atoms with E-state index >= 15 is 0 Å².